The van der Waals surface area contributed by atoms with E-state index in [0.717, 1.165) is 25.1 Å². The Kier molecular flexibility index (Phi) is 5.81. The maximum Gasteiger partial charge on any atom is 0.119 e. The van der Waals surface area contributed by atoms with Crippen LogP contribution in [0.3, 0.4) is 0 Å². The van der Waals surface area contributed by atoms with Crippen LogP contribution < -0.4 is 10.1 Å². The van der Waals surface area contributed by atoms with Gasteiger partial charge >= 0.3 is 0 Å². The van der Waals surface area contributed by atoms with Crippen LogP contribution >= 0.6 is 0 Å². The molecule has 1 N–H and O–H groups in total. The molecule has 0 fully saturated rings. The molecule has 1 aromatic carbocycles. The van der Waals surface area contributed by atoms with Gasteiger partial charge in [-0.25, -0.2) is 0 Å². The number of aromatic nitrogens is 2. The molecule has 0 saturated carbocycles. The summed E-state index contributed by atoms with van der Waals surface area (Å²) in [5.74, 6) is 0.923. The maximum absolute atomic E-state index is 5.80. The van der Waals surface area contributed by atoms with E-state index in [1.807, 2.05) is 24.0 Å². The zero-order valence-corrected chi connectivity index (χ0v) is 13.2. The molecule has 0 aliphatic heterocycles. The Morgan fingerprint density at radius 2 is 1.95 bits per heavy atom. The summed E-state index contributed by atoms with van der Waals surface area (Å²) in [7, 11) is 1.95. The molecule has 4 nitrogen and oxygen atoms in total. The number of ether oxygens (including phenoxy) is 1. The molecular weight excluding hydrogens is 262 g/mol. The van der Waals surface area contributed by atoms with E-state index in [1.165, 1.54) is 11.3 Å². The van der Waals surface area contributed by atoms with Crippen molar-refractivity contribution in [3.8, 4) is 5.75 Å². The van der Waals surface area contributed by atoms with E-state index in [2.05, 4.69) is 48.5 Å². The Labute approximate surface area is 127 Å². The first-order valence-corrected chi connectivity index (χ1v) is 7.67. The quantitative estimate of drug-likeness (QED) is 0.811. The number of nitrogens with zero attached hydrogens (tertiary/aromatic N) is 2. The number of benzene rings is 1. The van der Waals surface area contributed by atoms with Gasteiger partial charge in [-0.3, -0.25) is 4.68 Å². The van der Waals surface area contributed by atoms with Gasteiger partial charge in [-0.15, -0.1) is 0 Å². The maximum atomic E-state index is 5.80. The van der Waals surface area contributed by atoms with Gasteiger partial charge in [-0.2, -0.15) is 5.10 Å². The fourth-order valence-electron chi connectivity index (χ4n) is 2.46. The largest absolute Gasteiger partial charge is 0.493 e. The van der Waals surface area contributed by atoms with E-state index in [9.17, 15) is 0 Å². The number of rotatable bonds is 8. The third-order valence-corrected chi connectivity index (χ3v) is 3.69. The summed E-state index contributed by atoms with van der Waals surface area (Å²) in [5.41, 5.74) is 2.50. The minimum absolute atomic E-state index is 0.429. The monoisotopic (exact) mass is 287 g/mol. The van der Waals surface area contributed by atoms with E-state index in [1.54, 1.807) is 0 Å². The Bertz CT molecular complexity index is 533. The van der Waals surface area contributed by atoms with Crippen molar-refractivity contribution in [1.82, 2.24) is 15.1 Å². The van der Waals surface area contributed by atoms with Crippen molar-refractivity contribution < 1.29 is 4.74 Å². The van der Waals surface area contributed by atoms with Gasteiger partial charge in [0.15, 0.2) is 0 Å². The zero-order chi connectivity index (χ0) is 15.1. The second-order valence-corrected chi connectivity index (χ2v) is 5.13. The standard InChI is InChI=1S/C17H25N3O/c1-4-17(18-5-2)14-6-8-16(9-7-14)21-13-11-15-10-12-19-20(15)3/h6-10,12,17-18H,4-5,11,13H2,1-3H3. The van der Waals surface area contributed by atoms with Crippen LogP contribution in [-0.2, 0) is 13.5 Å². The van der Waals surface area contributed by atoms with Crippen LogP contribution in [0.1, 0.15) is 37.6 Å². The zero-order valence-electron chi connectivity index (χ0n) is 13.2. The molecule has 0 bridgehead atoms. The molecule has 0 aliphatic rings. The molecule has 4 heteroatoms. The average Bonchev–Trinajstić information content (AvgIpc) is 2.91. The van der Waals surface area contributed by atoms with E-state index in [-0.39, 0.29) is 0 Å². The van der Waals surface area contributed by atoms with Gasteiger partial charge in [-0.1, -0.05) is 26.0 Å². The highest BCUT2D eigenvalue weighted by Gasteiger charge is 2.07. The molecule has 2 aromatic rings. The highest BCUT2D eigenvalue weighted by Crippen LogP contribution is 2.20. The molecule has 0 saturated heterocycles. The summed E-state index contributed by atoms with van der Waals surface area (Å²) in [4.78, 5) is 0. The lowest BCUT2D eigenvalue weighted by atomic mass is 10.0. The van der Waals surface area contributed by atoms with Gasteiger partial charge in [0, 0.05) is 31.4 Å². The van der Waals surface area contributed by atoms with Gasteiger partial charge < -0.3 is 10.1 Å². The summed E-state index contributed by atoms with van der Waals surface area (Å²) < 4.78 is 7.68. The Balaban J connectivity index is 1.86. The predicted molar refractivity (Wildman–Crippen MR) is 85.6 cm³/mol. The highest BCUT2D eigenvalue weighted by molar-refractivity contribution is 5.29. The van der Waals surface area contributed by atoms with E-state index in [4.69, 9.17) is 4.74 Å². The van der Waals surface area contributed by atoms with Crippen molar-refractivity contribution >= 4 is 0 Å². The summed E-state index contributed by atoms with van der Waals surface area (Å²) in [6, 6.07) is 10.9. The molecule has 0 amide bonds. The first-order chi connectivity index (χ1) is 10.2. The topological polar surface area (TPSA) is 39.1 Å². The van der Waals surface area contributed by atoms with Crippen LogP contribution in [0.5, 0.6) is 5.75 Å². The van der Waals surface area contributed by atoms with Crippen LogP contribution in [0.4, 0.5) is 0 Å². The van der Waals surface area contributed by atoms with Crippen molar-refractivity contribution in [2.24, 2.45) is 7.05 Å². The molecule has 1 aromatic heterocycles. The normalized spacial score (nSPS) is 12.3. The number of hydrogen-bond acceptors (Lipinski definition) is 3. The van der Waals surface area contributed by atoms with E-state index in [0.29, 0.717) is 12.6 Å². The minimum Gasteiger partial charge on any atom is -0.493 e. The summed E-state index contributed by atoms with van der Waals surface area (Å²) in [6.07, 6.45) is 3.78. The van der Waals surface area contributed by atoms with Crippen molar-refractivity contribution in [3.63, 3.8) is 0 Å². The van der Waals surface area contributed by atoms with Gasteiger partial charge in [-0.05, 0) is 36.7 Å². The number of nitrogens with one attached hydrogen (secondary N) is 1. The Hall–Kier alpha value is -1.81. The molecule has 114 valence electrons. The molecule has 1 heterocycles. The number of aryl methyl sites for hydroxylation is 1. The molecule has 0 radical (unpaired) electrons. The lowest BCUT2D eigenvalue weighted by Gasteiger charge is -2.16. The van der Waals surface area contributed by atoms with Crippen LogP contribution in [0.15, 0.2) is 36.5 Å². The second kappa shape index (κ2) is 7.84. The molecule has 0 spiro atoms. The van der Waals surface area contributed by atoms with Gasteiger partial charge in [0.2, 0.25) is 0 Å². The van der Waals surface area contributed by atoms with Gasteiger partial charge in [0.05, 0.1) is 6.61 Å². The van der Waals surface area contributed by atoms with Crippen LogP contribution in [0.25, 0.3) is 0 Å². The Morgan fingerprint density at radius 3 is 2.52 bits per heavy atom. The first-order valence-electron chi connectivity index (χ1n) is 7.67. The lowest BCUT2D eigenvalue weighted by molar-refractivity contribution is 0.318. The lowest BCUT2D eigenvalue weighted by Crippen LogP contribution is -2.19. The van der Waals surface area contributed by atoms with Crippen molar-refractivity contribution in [1.29, 1.82) is 0 Å². The van der Waals surface area contributed by atoms with Gasteiger partial charge in [0.25, 0.3) is 0 Å². The Morgan fingerprint density at radius 1 is 1.19 bits per heavy atom. The van der Waals surface area contributed by atoms with Gasteiger partial charge in [0.1, 0.15) is 5.75 Å². The highest BCUT2D eigenvalue weighted by atomic mass is 16.5. The SMILES string of the molecule is CCNC(CC)c1ccc(OCCc2ccnn2C)cc1. The summed E-state index contributed by atoms with van der Waals surface area (Å²) in [6.45, 7) is 6.00. The molecule has 1 unspecified atom stereocenters. The predicted octanol–water partition coefficient (Wildman–Crippen LogP) is 3.10. The molecule has 0 aliphatic carbocycles. The second-order valence-electron chi connectivity index (χ2n) is 5.13. The van der Waals surface area contributed by atoms with Crippen molar-refractivity contribution in [3.05, 3.63) is 47.8 Å². The van der Waals surface area contributed by atoms with Crippen LogP contribution in [0, 0.1) is 0 Å². The van der Waals surface area contributed by atoms with E-state index < -0.39 is 0 Å². The van der Waals surface area contributed by atoms with E-state index >= 15 is 0 Å². The van der Waals surface area contributed by atoms with Crippen molar-refractivity contribution in [2.75, 3.05) is 13.2 Å². The number of hydrogen-bond donors (Lipinski definition) is 1. The third-order valence-electron chi connectivity index (χ3n) is 3.69. The fraction of sp³-hybridized carbons (Fsp3) is 0.471. The first kappa shape index (κ1) is 15.6. The molecular formula is C17H25N3O. The third kappa shape index (κ3) is 4.33. The summed E-state index contributed by atoms with van der Waals surface area (Å²) >= 11 is 0. The van der Waals surface area contributed by atoms with Crippen molar-refractivity contribution in [2.45, 2.75) is 32.7 Å². The smallest absolute Gasteiger partial charge is 0.119 e. The van der Waals surface area contributed by atoms with Crippen LogP contribution in [0.2, 0.25) is 0 Å². The molecule has 2 rings (SSSR count). The molecule has 21 heavy (non-hydrogen) atoms. The molecule has 1 atom stereocenters. The summed E-state index contributed by atoms with van der Waals surface area (Å²) in [5, 5.41) is 7.64. The fourth-order valence-corrected chi connectivity index (χ4v) is 2.46. The van der Waals surface area contributed by atoms with Crippen LogP contribution in [-0.4, -0.2) is 22.9 Å². The average molecular weight is 287 g/mol. The minimum atomic E-state index is 0.429.